The van der Waals surface area contributed by atoms with Gasteiger partial charge in [0.1, 0.15) is 6.61 Å². The molecule has 98 valence electrons. The molecule has 1 atom stereocenters. The highest BCUT2D eigenvalue weighted by Crippen LogP contribution is 2.20. The van der Waals surface area contributed by atoms with Gasteiger partial charge in [0.25, 0.3) is 0 Å². The average Bonchev–Trinajstić information content (AvgIpc) is 2.30. The molecule has 1 aliphatic heterocycles. The van der Waals surface area contributed by atoms with E-state index in [-0.39, 0.29) is 25.9 Å². The fraction of sp³-hybridized carbons (Fsp3) is 0.750. The van der Waals surface area contributed by atoms with E-state index in [1.807, 2.05) is 6.92 Å². The average molecular weight is 244 g/mol. The number of ether oxygens (including phenoxy) is 2. The first-order chi connectivity index (χ1) is 8.15. The molecule has 0 spiro atoms. The van der Waals surface area contributed by atoms with Gasteiger partial charge in [-0.2, -0.15) is 0 Å². The smallest absolute Gasteiger partial charge is 0.330 e. The number of rotatable bonds is 7. The van der Waals surface area contributed by atoms with Crippen LogP contribution in [0.2, 0.25) is 0 Å². The van der Waals surface area contributed by atoms with Crippen LogP contribution in [-0.4, -0.2) is 48.7 Å². The molecule has 1 saturated heterocycles. The highest BCUT2D eigenvalue weighted by molar-refractivity contribution is 5.82. The zero-order valence-corrected chi connectivity index (χ0v) is 10.1. The number of esters is 1. The van der Waals surface area contributed by atoms with Gasteiger partial charge in [0.05, 0.1) is 31.3 Å². The lowest BCUT2D eigenvalue weighted by molar-refractivity contribution is -0.144. The Morgan fingerprint density at radius 1 is 1.53 bits per heavy atom. The molecule has 0 aromatic carbocycles. The van der Waals surface area contributed by atoms with Crippen LogP contribution >= 0.6 is 0 Å². The lowest BCUT2D eigenvalue weighted by Crippen LogP contribution is -2.35. The highest BCUT2D eigenvalue weighted by Gasteiger charge is 2.28. The minimum Gasteiger partial charge on any atom is -0.462 e. The van der Waals surface area contributed by atoms with Gasteiger partial charge < -0.3 is 19.7 Å². The van der Waals surface area contributed by atoms with Crippen LogP contribution in [0.25, 0.3) is 0 Å². The normalized spacial score (nSPS) is 20.3. The number of aliphatic hydroxyl groups is 2. The Kier molecular flexibility index (Phi) is 5.61. The predicted octanol–water partition coefficient (Wildman–Crippen LogP) is 0.256. The fourth-order valence-corrected chi connectivity index (χ4v) is 1.33. The van der Waals surface area contributed by atoms with Gasteiger partial charge in [-0.3, -0.25) is 0 Å². The SMILES string of the molecule is CCC(CO)(CO)COC(=O)C=CC1CCO1. The Morgan fingerprint density at radius 2 is 2.18 bits per heavy atom. The molecule has 0 amide bonds. The van der Waals surface area contributed by atoms with Crippen molar-refractivity contribution in [2.45, 2.75) is 25.9 Å². The van der Waals surface area contributed by atoms with Gasteiger partial charge in [0, 0.05) is 12.5 Å². The van der Waals surface area contributed by atoms with Crippen molar-refractivity contribution in [1.82, 2.24) is 0 Å². The summed E-state index contributed by atoms with van der Waals surface area (Å²) in [6.07, 6.45) is 4.49. The maximum Gasteiger partial charge on any atom is 0.330 e. The van der Waals surface area contributed by atoms with Crippen molar-refractivity contribution in [2.24, 2.45) is 5.41 Å². The third kappa shape index (κ3) is 4.11. The van der Waals surface area contributed by atoms with Gasteiger partial charge in [-0.1, -0.05) is 6.92 Å². The maximum absolute atomic E-state index is 11.4. The molecule has 0 aromatic rings. The Morgan fingerprint density at radius 3 is 2.59 bits per heavy atom. The largest absolute Gasteiger partial charge is 0.462 e. The fourth-order valence-electron chi connectivity index (χ4n) is 1.33. The van der Waals surface area contributed by atoms with Crippen LogP contribution in [0.3, 0.4) is 0 Å². The van der Waals surface area contributed by atoms with Crippen LogP contribution in [0.4, 0.5) is 0 Å². The zero-order chi connectivity index (χ0) is 12.7. The second-order valence-corrected chi connectivity index (χ2v) is 4.33. The molecule has 0 aromatic heterocycles. The lowest BCUT2D eigenvalue weighted by Gasteiger charge is -2.27. The Balaban J connectivity index is 2.32. The van der Waals surface area contributed by atoms with Crippen LogP contribution in [0.5, 0.6) is 0 Å². The molecule has 1 fully saturated rings. The molecule has 0 aliphatic carbocycles. The van der Waals surface area contributed by atoms with Gasteiger partial charge in [0.2, 0.25) is 0 Å². The molecular weight excluding hydrogens is 224 g/mol. The van der Waals surface area contributed by atoms with Crippen LogP contribution < -0.4 is 0 Å². The van der Waals surface area contributed by atoms with Gasteiger partial charge in [-0.25, -0.2) is 4.79 Å². The summed E-state index contributed by atoms with van der Waals surface area (Å²) >= 11 is 0. The van der Waals surface area contributed by atoms with Gasteiger partial charge in [-0.05, 0) is 12.5 Å². The Labute approximate surface area is 101 Å². The summed E-state index contributed by atoms with van der Waals surface area (Å²) in [5.74, 6) is -0.472. The molecule has 5 nitrogen and oxygen atoms in total. The van der Waals surface area contributed by atoms with Crippen molar-refractivity contribution < 1.29 is 24.5 Å². The first-order valence-corrected chi connectivity index (χ1v) is 5.84. The van der Waals surface area contributed by atoms with Crippen LogP contribution in [0.15, 0.2) is 12.2 Å². The first-order valence-electron chi connectivity index (χ1n) is 5.84. The minimum absolute atomic E-state index is 0.0190. The summed E-state index contributed by atoms with van der Waals surface area (Å²) in [5.41, 5.74) is -0.740. The van der Waals surface area contributed by atoms with Gasteiger partial charge in [0.15, 0.2) is 0 Å². The van der Waals surface area contributed by atoms with Crippen molar-refractivity contribution >= 4 is 5.97 Å². The number of carbonyl (C=O) groups is 1. The van der Waals surface area contributed by atoms with E-state index in [4.69, 9.17) is 19.7 Å². The molecule has 17 heavy (non-hydrogen) atoms. The van der Waals surface area contributed by atoms with E-state index in [1.165, 1.54) is 6.08 Å². The number of hydrogen-bond acceptors (Lipinski definition) is 5. The second kappa shape index (κ2) is 6.74. The summed E-state index contributed by atoms with van der Waals surface area (Å²) in [7, 11) is 0. The molecule has 0 radical (unpaired) electrons. The summed E-state index contributed by atoms with van der Waals surface area (Å²) < 4.78 is 10.1. The molecule has 1 unspecified atom stereocenters. The third-order valence-corrected chi connectivity index (χ3v) is 3.12. The van der Waals surface area contributed by atoms with E-state index in [0.29, 0.717) is 6.42 Å². The summed E-state index contributed by atoms with van der Waals surface area (Å²) in [6, 6.07) is 0. The minimum atomic E-state index is -0.740. The summed E-state index contributed by atoms with van der Waals surface area (Å²) in [4.78, 5) is 11.4. The van der Waals surface area contributed by atoms with Gasteiger partial charge in [-0.15, -0.1) is 0 Å². The molecule has 2 N–H and O–H groups in total. The zero-order valence-electron chi connectivity index (χ0n) is 10.1. The molecule has 5 heteroatoms. The Bertz CT molecular complexity index is 258. The third-order valence-electron chi connectivity index (χ3n) is 3.12. The number of carbonyl (C=O) groups excluding carboxylic acids is 1. The van der Waals surface area contributed by atoms with E-state index in [1.54, 1.807) is 6.08 Å². The molecule has 1 heterocycles. The quantitative estimate of drug-likeness (QED) is 0.496. The van der Waals surface area contributed by atoms with Crippen molar-refractivity contribution in [3.8, 4) is 0 Å². The maximum atomic E-state index is 11.4. The highest BCUT2D eigenvalue weighted by atomic mass is 16.5. The van der Waals surface area contributed by atoms with E-state index in [9.17, 15) is 4.79 Å². The predicted molar refractivity (Wildman–Crippen MR) is 61.4 cm³/mol. The molecular formula is C12H20O5. The van der Waals surface area contributed by atoms with E-state index in [2.05, 4.69) is 0 Å². The van der Waals surface area contributed by atoms with Crippen LogP contribution in [-0.2, 0) is 14.3 Å². The number of hydrogen-bond donors (Lipinski definition) is 2. The molecule has 1 rings (SSSR count). The standard InChI is InChI=1S/C12H20O5/c1-2-12(7-13,8-14)9-17-11(15)4-3-10-5-6-16-10/h3-4,10,13-14H,2,5-9H2,1H3. The topological polar surface area (TPSA) is 76.0 Å². The van der Waals surface area contributed by atoms with E-state index in [0.717, 1.165) is 13.0 Å². The van der Waals surface area contributed by atoms with Crippen molar-refractivity contribution in [2.75, 3.05) is 26.4 Å². The molecule has 0 bridgehead atoms. The van der Waals surface area contributed by atoms with Crippen LogP contribution in [0.1, 0.15) is 19.8 Å². The summed E-state index contributed by atoms with van der Waals surface area (Å²) in [6.45, 7) is 2.17. The van der Waals surface area contributed by atoms with Crippen molar-refractivity contribution in [3.05, 3.63) is 12.2 Å². The monoisotopic (exact) mass is 244 g/mol. The summed E-state index contributed by atoms with van der Waals surface area (Å²) in [5, 5.41) is 18.3. The number of aliphatic hydroxyl groups excluding tert-OH is 2. The van der Waals surface area contributed by atoms with Gasteiger partial charge >= 0.3 is 5.97 Å². The first kappa shape index (κ1) is 14.2. The van der Waals surface area contributed by atoms with Crippen LogP contribution in [0, 0.1) is 5.41 Å². The molecule has 0 saturated carbocycles. The lowest BCUT2D eigenvalue weighted by atomic mass is 9.88. The second-order valence-electron chi connectivity index (χ2n) is 4.33. The Hall–Kier alpha value is -0.910. The van der Waals surface area contributed by atoms with E-state index >= 15 is 0 Å². The molecule has 1 aliphatic rings. The van der Waals surface area contributed by atoms with E-state index < -0.39 is 11.4 Å². The van der Waals surface area contributed by atoms with Crippen molar-refractivity contribution in [1.29, 1.82) is 0 Å². The van der Waals surface area contributed by atoms with Crippen molar-refractivity contribution in [3.63, 3.8) is 0 Å².